The van der Waals surface area contributed by atoms with Gasteiger partial charge in [0, 0.05) is 38.6 Å². The molecule has 1 saturated heterocycles. The number of nitrogens with zero attached hydrogens (tertiary/aromatic N) is 2. The lowest BCUT2D eigenvalue weighted by Crippen LogP contribution is -2.26. The number of nitrogens with one attached hydrogen (secondary N) is 1. The summed E-state index contributed by atoms with van der Waals surface area (Å²) >= 11 is 13.0. The predicted octanol–water partition coefficient (Wildman–Crippen LogP) is 5.72. The Morgan fingerprint density at radius 1 is 1.03 bits per heavy atom. The zero-order valence-corrected chi connectivity index (χ0v) is 18.9. The van der Waals surface area contributed by atoms with Crippen molar-refractivity contribution in [1.82, 2.24) is 9.88 Å². The fourth-order valence-corrected chi connectivity index (χ4v) is 4.31. The molecular formula is C24H23Cl2N3O3. The van der Waals surface area contributed by atoms with Crippen molar-refractivity contribution in [3.8, 4) is 11.1 Å². The van der Waals surface area contributed by atoms with Gasteiger partial charge >= 0.3 is 5.97 Å². The molecular weight excluding hydrogens is 449 g/mol. The highest BCUT2D eigenvalue weighted by Crippen LogP contribution is 2.38. The number of carboxylic acids is 1. The lowest BCUT2D eigenvalue weighted by molar-refractivity contribution is 0.0697. The van der Waals surface area contributed by atoms with Crippen LogP contribution >= 0.6 is 23.2 Å². The average molecular weight is 472 g/mol. The minimum absolute atomic E-state index is 0.166. The minimum atomic E-state index is -1.02. The summed E-state index contributed by atoms with van der Waals surface area (Å²) in [6, 6.07) is 12.7. The van der Waals surface area contributed by atoms with Gasteiger partial charge in [0.05, 0.1) is 33.6 Å². The number of aromatic carboxylic acids is 1. The number of hydrogen-bond acceptors (Lipinski definition) is 5. The van der Waals surface area contributed by atoms with Crippen LogP contribution in [0.25, 0.3) is 11.1 Å². The van der Waals surface area contributed by atoms with E-state index in [0.717, 1.165) is 42.8 Å². The van der Waals surface area contributed by atoms with Crippen molar-refractivity contribution in [2.75, 3.05) is 31.6 Å². The van der Waals surface area contributed by atoms with E-state index < -0.39 is 5.97 Å². The third-order valence-corrected chi connectivity index (χ3v) is 5.95. The molecule has 0 bridgehead atoms. The van der Waals surface area contributed by atoms with Crippen molar-refractivity contribution in [2.24, 2.45) is 0 Å². The van der Waals surface area contributed by atoms with E-state index >= 15 is 0 Å². The van der Waals surface area contributed by atoms with Crippen molar-refractivity contribution < 1.29 is 14.6 Å². The minimum Gasteiger partial charge on any atom is -0.478 e. The van der Waals surface area contributed by atoms with Crippen LogP contribution in [0.3, 0.4) is 0 Å². The number of halogens is 2. The first-order valence-corrected chi connectivity index (χ1v) is 11.1. The molecule has 1 aromatic heterocycles. The Morgan fingerprint density at radius 2 is 1.78 bits per heavy atom. The second kappa shape index (κ2) is 10.3. The lowest BCUT2D eigenvalue weighted by atomic mass is 10.1. The molecule has 0 radical (unpaired) electrons. The summed E-state index contributed by atoms with van der Waals surface area (Å²) in [5, 5.41) is 13.7. The van der Waals surface area contributed by atoms with Crippen LogP contribution in [0.1, 0.15) is 22.3 Å². The van der Waals surface area contributed by atoms with Crippen molar-refractivity contribution in [3.63, 3.8) is 0 Å². The van der Waals surface area contributed by atoms with Gasteiger partial charge < -0.3 is 15.2 Å². The Bertz CT molecular complexity index is 1080. The molecule has 0 amide bonds. The smallest absolute Gasteiger partial charge is 0.337 e. The molecule has 0 aliphatic carbocycles. The van der Waals surface area contributed by atoms with Gasteiger partial charge in [0.2, 0.25) is 0 Å². The highest BCUT2D eigenvalue weighted by molar-refractivity contribution is 6.39. The molecule has 2 aromatic carbocycles. The molecule has 2 N–H and O–H groups in total. The summed E-state index contributed by atoms with van der Waals surface area (Å²) in [4.78, 5) is 18.3. The maximum absolute atomic E-state index is 12.0. The van der Waals surface area contributed by atoms with Gasteiger partial charge in [-0.15, -0.1) is 0 Å². The molecule has 8 heteroatoms. The first kappa shape index (κ1) is 22.6. The maximum Gasteiger partial charge on any atom is 0.337 e. The molecule has 4 rings (SSSR count). The van der Waals surface area contributed by atoms with Crippen LogP contribution in [0.2, 0.25) is 10.0 Å². The Balaban J connectivity index is 1.59. The summed E-state index contributed by atoms with van der Waals surface area (Å²) < 4.78 is 5.49. The van der Waals surface area contributed by atoms with Crippen LogP contribution in [0, 0.1) is 0 Å². The van der Waals surface area contributed by atoms with Crippen LogP contribution in [0.5, 0.6) is 0 Å². The van der Waals surface area contributed by atoms with Crippen molar-refractivity contribution in [1.29, 1.82) is 0 Å². The van der Waals surface area contributed by atoms with E-state index in [1.165, 1.54) is 0 Å². The Hall–Kier alpha value is -2.64. The van der Waals surface area contributed by atoms with Gasteiger partial charge in [0.25, 0.3) is 0 Å². The summed E-state index contributed by atoms with van der Waals surface area (Å²) in [5.41, 5.74) is 3.78. The molecule has 6 nitrogen and oxygen atoms in total. The van der Waals surface area contributed by atoms with E-state index in [4.69, 9.17) is 27.9 Å². The average Bonchev–Trinajstić information content (AvgIpc) is 3.06. The third kappa shape index (κ3) is 5.40. The number of anilines is 2. The number of rotatable bonds is 6. The topological polar surface area (TPSA) is 74.7 Å². The molecule has 3 aromatic rings. The lowest BCUT2D eigenvalue weighted by Gasteiger charge is -2.20. The molecule has 0 saturated carbocycles. The molecule has 0 atom stereocenters. The first-order chi connectivity index (χ1) is 15.5. The molecule has 2 heterocycles. The molecule has 0 unspecified atom stereocenters. The van der Waals surface area contributed by atoms with Gasteiger partial charge in [0.15, 0.2) is 0 Å². The number of pyridine rings is 1. The predicted molar refractivity (Wildman–Crippen MR) is 127 cm³/mol. The number of hydrogen-bond donors (Lipinski definition) is 2. The van der Waals surface area contributed by atoms with Crippen molar-refractivity contribution in [2.45, 2.75) is 13.0 Å². The monoisotopic (exact) mass is 471 g/mol. The van der Waals surface area contributed by atoms with Crippen LogP contribution in [0.15, 0.2) is 54.9 Å². The standard InChI is InChI=1S/C24H23Cl2N3O3/c25-20-13-18(17-4-6-27-7-5-17)14-21(26)23(20)28-22-3-2-16(12-19(22)24(30)31)15-29-8-1-10-32-11-9-29/h2-7,12-14,28H,1,8-11,15H2,(H,30,31). The van der Waals surface area contributed by atoms with Crippen LogP contribution in [-0.4, -0.2) is 47.3 Å². The fourth-order valence-electron chi connectivity index (χ4n) is 3.73. The van der Waals surface area contributed by atoms with Crippen molar-refractivity contribution >= 4 is 40.5 Å². The van der Waals surface area contributed by atoms with Gasteiger partial charge in [-0.2, -0.15) is 0 Å². The highest BCUT2D eigenvalue weighted by Gasteiger charge is 2.17. The Kier molecular flexibility index (Phi) is 7.27. The van der Waals surface area contributed by atoms with Crippen molar-refractivity contribution in [3.05, 3.63) is 76.0 Å². The van der Waals surface area contributed by atoms with Crippen LogP contribution < -0.4 is 5.32 Å². The SMILES string of the molecule is O=C(O)c1cc(CN2CCCOCC2)ccc1Nc1c(Cl)cc(-c2ccncc2)cc1Cl. The summed E-state index contributed by atoms with van der Waals surface area (Å²) in [7, 11) is 0. The molecule has 166 valence electrons. The second-order valence-electron chi connectivity index (χ2n) is 7.60. The summed E-state index contributed by atoms with van der Waals surface area (Å²) in [6.45, 7) is 3.89. The van der Waals surface area contributed by atoms with E-state index in [9.17, 15) is 9.90 Å². The molecule has 1 fully saturated rings. The molecule has 1 aliphatic rings. The van der Waals surface area contributed by atoms with Gasteiger partial charge in [-0.05, 0) is 59.5 Å². The largest absolute Gasteiger partial charge is 0.478 e. The van der Waals surface area contributed by atoms with E-state index in [0.29, 0.717) is 34.6 Å². The quantitative estimate of drug-likeness (QED) is 0.478. The maximum atomic E-state index is 12.0. The Labute approximate surface area is 196 Å². The number of aromatic nitrogens is 1. The van der Waals surface area contributed by atoms with Gasteiger partial charge in [-0.3, -0.25) is 9.88 Å². The van der Waals surface area contributed by atoms with E-state index in [-0.39, 0.29) is 5.56 Å². The van der Waals surface area contributed by atoms with E-state index in [1.807, 2.05) is 18.2 Å². The van der Waals surface area contributed by atoms with E-state index in [2.05, 4.69) is 15.2 Å². The van der Waals surface area contributed by atoms with Gasteiger partial charge in [-0.25, -0.2) is 4.79 Å². The number of benzene rings is 2. The first-order valence-electron chi connectivity index (χ1n) is 10.3. The Morgan fingerprint density at radius 3 is 2.50 bits per heavy atom. The molecule has 0 spiro atoms. The second-order valence-corrected chi connectivity index (χ2v) is 8.42. The van der Waals surface area contributed by atoms with Gasteiger partial charge in [0.1, 0.15) is 0 Å². The van der Waals surface area contributed by atoms with Crippen LogP contribution in [0.4, 0.5) is 11.4 Å². The number of ether oxygens (including phenoxy) is 1. The number of carbonyl (C=O) groups is 1. The number of carboxylic acid groups (broad SMARTS) is 1. The third-order valence-electron chi connectivity index (χ3n) is 5.35. The highest BCUT2D eigenvalue weighted by atomic mass is 35.5. The zero-order valence-electron chi connectivity index (χ0n) is 17.4. The zero-order chi connectivity index (χ0) is 22.5. The normalized spacial score (nSPS) is 14.7. The van der Waals surface area contributed by atoms with Gasteiger partial charge in [-0.1, -0.05) is 29.3 Å². The fraction of sp³-hybridized carbons (Fsp3) is 0.250. The molecule has 1 aliphatic heterocycles. The molecule has 32 heavy (non-hydrogen) atoms. The van der Waals surface area contributed by atoms with Crippen LogP contribution in [-0.2, 0) is 11.3 Å². The summed E-state index contributed by atoms with van der Waals surface area (Å²) in [6.07, 6.45) is 4.36. The van der Waals surface area contributed by atoms with E-state index in [1.54, 1.807) is 36.7 Å². The summed E-state index contributed by atoms with van der Waals surface area (Å²) in [5.74, 6) is -1.02.